The molecule has 0 atom stereocenters. The molecule has 1 N–H and O–H groups in total. The van der Waals surface area contributed by atoms with Crippen LogP contribution in [0.1, 0.15) is 22.6 Å². The monoisotopic (exact) mass is 304 g/mol. The van der Waals surface area contributed by atoms with Gasteiger partial charge in [0.1, 0.15) is 5.76 Å². The second-order valence-corrected chi connectivity index (χ2v) is 5.05. The standard InChI is InChI=1S/C16H20N2O4/c1-9-6-14(20-4)15(21-5)8-13(9)17-16(19)7-12-10(2)18-22-11(12)3/h6,8H,7H2,1-5H3,(H,17,19). The van der Waals surface area contributed by atoms with Crippen LogP contribution in [0, 0.1) is 20.8 Å². The Morgan fingerprint density at radius 2 is 1.82 bits per heavy atom. The zero-order valence-electron chi connectivity index (χ0n) is 13.4. The van der Waals surface area contributed by atoms with E-state index in [0.29, 0.717) is 22.9 Å². The van der Waals surface area contributed by atoms with Crippen LogP contribution < -0.4 is 14.8 Å². The molecule has 118 valence electrons. The molecule has 0 bridgehead atoms. The van der Waals surface area contributed by atoms with Gasteiger partial charge in [-0.1, -0.05) is 5.16 Å². The summed E-state index contributed by atoms with van der Waals surface area (Å²) in [6.45, 7) is 5.51. The maximum atomic E-state index is 12.2. The van der Waals surface area contributed by atoms with Crippen molar-refractivity contribution in [2.24, 2.45) is 0 Å². The number of ether oxygens (including phenoxy) is 2. The zero-order valence-corrected chi connectivity index (χ0v) is 13.4. The summed E-state index contributed by atoms with van der Waals surface area (Å²) in [7, 11) is 3.13. The van der Waals surface area contributed by atoms with Gasteiger partial charge in [0, 0.05) is 17.3 Å². The summed E-state index contributed by atoms with van der Waals surface area (Å²) in [5.41, 5.74) is 3.13. The molecule has 2 aromatic rings. The quantitative estimate of drug-likeness (QED) is 0.919. The van der Waals surface area contributed by atoms with E-state index >= 15 is 0 Å². The minimum Gasteiger partial charge on any atom is -0.493 e. The number of nitrogens with zero attached hydrogens (tertiary/aromatic N) is 1. The lowest BCUT2D eigenvalue weighted by atomic mass is 10.1. The number of methoxy groups -OCH3 is 2. The maximum Gasteiger partial charge on any atom is 0.229 e. The molecule has 0 unspecified atom stereocenters. The fraction of sp³-hybridized carbons (Fsp3) is 0.375. The first kappa shape index (κ1) is 15.9. The van der Waals surface area contributed by atoms with Gasteiger partial charge >= 0.3 is 0 Å². The van der Waals surface area contributed by atoms with E-state index in [9.17, 15) is 4.79 Å². The van der Waals surface area contributed by atoms with Gasteiger partial charge in [0.25, 0.3) is 0 Å². The highest BCUT2D eigenvalue weighted by Crippen LogP contribution is 2.33. The number of anilines is 1. The van der Waals surface area contributed by atoms with Crippen molar-refractivity contribution in [2.75, 3.05) is 19.5 Å². The Bertz CT molecular complexity index is 672. The fourth-order valence-corrected chi connectivity index (χ4v) is 2.22. The summed E-state index contributed by atoms with van der Waals surface area (Å²) in [6, 6.07) is 3.57. The van der Waals surface area contributed by atoms with E-state index in [-0.39, 0.29) is 12.3 Å². The van der Waals surface area contributed by atoms with Gasteiger partial charge < -0.3 is 19.3 Å². The van der Waals surface area contributed by atoms with Gasteiger partial charge in [-0.2, -0.15) is 0 Å². The molecule has 1 heterocycles. The van der Waals surface area contributed by atoms with Gasteiger partial charge in [-0.3, -0.25) is 4.79 Å². The molecule has 0 spiro atoms. The molecule has 6 heteroatoms. The van der Waals surface area contributed by atoms with Crippen molar-refractivity contribution in [3.63, 3.8) is 0 Å². The Kier molecular flexibility index (Phi) is 4.70. The number of hydrogen-bond acceptors (Lipinski definition) is 5. The maximum absolute atomic E-state index is 12.2. The fourth-order valence-electron chi connectivity index (χ4n) is 2.22. The molecular weight excluding hydrogens is 284 g/mol. The number of aryl methyl sites for hydroxylation is 3. The molecule has 6 nitrogen and oxygen atoms in total. The number of nitrogens with one attached hydrogen (secondary N) is 1. The average molecular weight is 304 g/mol. The minimum absolute atomic E-state index is 0.135. The lowest BCUT2D eigenvalue weighted by molar-refractivity contribution is -0.115. The summed E-state index contributed by atoms with van der Waals surface area (Å²) in [5, 5.41) is 6.74. The Labute approximate surface area is 129 Å². The van der Waals surface area contributed by atoms with Crippen LogP contribution in [0.25, 0.3) is 0 Å². The highest BCUT2D eigenvalue weighted by atomic mass is 16.5. The molecular formula is C16H20N2O4. The lowest BCUT2D eigenvalue weighted by Crippen LogP contribution is -2.16. The first-order chi connectivity index (χ1) is 10.5. The first-order valence-electron chi connectivity index (χ1n) is 6.90. The summed E-state index contributed by atoms with van der Waals surface area (Å²) in [4.78, 5) is 12.2. The van der Waals surface area contributed by atoms with Crippen molar-refractivity contribution < 1.29 is 18.8 Å². The third-order valence-corrected chi connectivity index (χ3v) is 3.52. The van der Waals surface area contributed by atoms with Crippen LogP contribution in [-0.4, -0.2) is 25.3 Å². The topological polar surface area (TPSA) is 73.6 Å². The summed E-state index contributed by atoms with van der Waals surface area (Å²) >= 11 is 0. The third-order valence-electron chi connectivity index (χ3n) is 3.52. The average Bonchev–Trinajstić information content (AvgIpc) is 2.80. The van der Waals surface area contributed by atoms with E-state index in [0.717, 1.165) is 16.8 Å². The van der Waals surface area contributed by atoms with Gasteiger partial charge in [0.2, 0.25) is 5.91 Å². The zero-order chi connectivity index (χ0) is 16.3. The van der Waals surface area contributed by atoms with Crippen LogP contribution in [0.5, 0.6) is 11.5 Å². The summed E-state index contributed by atoms with van der Waals surface area (Å²) in [6.07, 6.45) is 0.217. The van der Waals surface area contributed by atoms with Gasteiger partial charge in [-0.05, 0) is 32.4 Å². The first-order valence-corrected chi connectivity index (χ1v) is 6.90. The van der Waals surface area contributed by atoms with Crippen LogP contribution in [0.4, 0.5) is 5.69 Å². The molecule has 2 rings (SSSR count). The van der Waals surface area contributed by atoms with Crippen molar-refractivity contribution in [1.82, 2.24) is 5.16 Å². The number of amides is 1. The Morgan fingerprint density at radius 3 is 2.36 bits per heavy atom. The molecule has 1 aromatic heterocycles. The number of aromatic nitrogens is 1. The van der Waals surface area contributed by atoms with Crippen LogP contribution in [0.3, 0.4) is 0 Å². The van der Waals surface area contributed by atoms with Crippen molar-refractivity contribution in [2.45, 2.75) is 27.2 Å². The number of hydrogen-bond donors (Lipinski definition) is 1. The van der Waals surface area contributed by atoms with Crippen LogP contribution in [0.2, 0.25) is 0 Å². The predicted octanol–water partition coefficient (Wildman–Crippen LogP) is 2.80. The molecule has 0 saturated carbocycles. The highest BCUT2D eigenvalue weighted by molar-refractivity contribution is 5.93. The third kappa shape index (κ3) is 3.21. The molecule has 0 aliphatic carbocycles. The van der Waals surface area contributed by atoms with E-state index in [1.165, 1.54) is 0 Å². The number of carbonyl (C=O) groups is 1. The van der Waals surface area contributed by atoms with E-state index in [1.54, 1.807) is 27.2 Å². The molecule has 1 amide bonds. The molecule has 1 aromatic carbocycles. The van der Waals surface area contributed by atoms with Crippen molar-refractivity contribution in [3.05, 3.63) is 34.7 Å². The normalized spacial score (nSPS) is 10.4. The van der Waals surface area contributed by atoms with Crippen LogP contribution in [0.15, 0.2) is 16.7 Å². The number of carbonyl (C=O) groups excluding carboxylic acids is 1. The SMILES string of the molecule is COc1cc(C)c(NC(=O)Cc2c(C)noc2C)cc1OC. The summed E-state index contributed by atoms with van der Waals surface area (Å²) in [5.74, 6) is 1.73. The van der Waals surface area contributed by atoms with Crippen molar-refractivity contribution in [3.8, 4) is 11.5 Å². The van der Waals surface area contributed by atoms with Crippen molar-refractivity contribution >= 4 is 11.6 Å². The lowest BCUT2D eigenvalue weighted by Gasteiger charge is -2.13. The van der Waals surface area contributed by atoms with Crippen LogP contribution in [-0.2, 0) is 11.2 Å². The predicted molar refractivity (Wildman–Crippen MR) is 82.6 cm³/mol. The Hall–Kier alpha value is -2.50. The van der Waals surface area contributed by atoms with E-state index in [4.69, 9.17) is 14.0 Å². The molecule has 0 fully saturated rings. The Morgan fingerprint density at radius 1 is 1.18 bits per heavy atom. The summed E-state index contributed by atoms with van der Waals surface area (Å²) < 4.78 is 15.6. The minimum atomic E-state index is -0.135. The molecule has 0 saturated heterocycles. The van der Waals surface area contributed by atoms with E-state index in [1.807, 2.05) is 19.9 Å². The highest BCUT2D eigenvalue weighted by Gasteiger charge is 2.15. The van der Waals surface area contributed by atoms with E-state index < -0.39 is 0 Å². The molecule has 0 aliphatic heterocycles. The van der Waals surface area contributed by atoms with Gasteiger partial charge in [0.05, 0.1) is 26.3 Å². The Balaban J connectivity index is 2.18. The van der Waals surface area contributed by atoms with E-state index in [2.05, 4.69) is 10.5 Å². The number of benzene rings is 1. The smallest absolute Gasteiger partial charge is 0.229 e. The van der Waals surface area contributed by atoms with Gasteiger partial charge in [-0.15, -0.1) is 0 Å². The molecule has 0 aliphatic rings. The van der Waals surface area contributed by atoms with Crippen molar-refractivity contribution in [1.29, 1.82) is 0 Å². The van der Waals surface area contributed by atoms with Gasteiger partial charge in [-0.25, -0.2) is 0 Å². The molecule has 0 radical (unpaired) electrons. The second-order valence-electron chi connectivity index (χ2n) is 5.05. The van der Waals surface area contributed by atoms with Crippen LogP contribution >= 0.6 is 0 Å². The second kappa shape index (κ2) is 6.51. The van der Waals surface area contributed by atoms with Gasteiger partial charge in [0.15, 0.2) is 11.5 Å². The molecule has 22 heavy (non-hydrogen) atoms. The number of rotatable bonds is 5. The largest absolute Gasteiger partial charge is 0.493 e.